The van der Waals surface area contributed by atoms with E-state index in [0.717, 1.165) is 12.1 Å². The van der Waals surface area contributed by atoms with Gasteiger partial charge in [-0.05, 0) is 11.6 Å². The molecule has 0 radical (unpaired) electrons. The lowest BCUT2D eigenvalue weighted by Gasteiger charge is -2.11. The molecular weight excluding hydrogens is 186 g/mol. The summed E-state index contributed by atoms with van der Waals surface area (Å²) in [5.41, 5.74) is 2.32. The first kappa shape index (κ1) is 7.95. The van der Waals surface area contributed by atoms with E-state index in [1.54, 1.807) is 5.37 Å². The number of nitrogens with zero attached hydrogens (tertiary/aromatic N) is 1. The highest BCUT2D eigenvalue weighted by molar-refractivity contribution is 7.98. The van der Waals surface area contributed by atoms with Crippen LogP contribution in [0.25, 0.3) is 0 Å². The lowest BCUT2D eigenvalue weighted by atomic mass is 10.1. The standard InChI is InChI=1S/C9H7NS2/c11-6-8-5-7-3-1-2-4-9(7)12-10-8/h1-4,6H,5H2. The van der Waals surface area contributed by atoms with Crippen molar-refractivity contribution in [1.82, 2.24) is 0 Å². The average molecular weight is 193 g/mol. The summed E-state index contributed by atoms with van der Waals surface area (Å²) < 4.78 is 4.26. The quantitative estimate of drug-likeness (QED) is 0.502. The van der Waals surface area contributed by atoms with Crippen LogP contribution in [0.15, 0.2) is 33.6 Å². The van der Waals surface area contributed by atoms with Crippen LogP contribution in [0.3, 0.4) is 0 Å². The van der Waals surface area contributed by atoms with Crippen LogP contribution in [0.4, 0.5) is 0 Å². The fourth-order valence-corrected chi connectivity index (χ4v) is 2.07. The van der Waals surface area contributed by atoms with Crippen LogP contribution in [0.2, 0.25) is 0 Å². The van der Waals surface area contributed by atoms with Gasteiger partial charge in [-0.2, -0.15) is 0 Å². The van der Waals surface area contributed by atoms with Gasteiger partial charge in [-0.25, -0.2) is 4.40 Å². The summed E-state index contributed by atoms with van der Waals surface area (Å²) in [7, 11) is 0. The molecule has 0 saturated heterocycles. The number of thiocarbonyl (C=S) groups is 1. The maximum Gasteiger partial charge on any atom is 0.0642 e. The van der Waals surface area contributed by atoms with Gasteiger partial charge in [0, 0.05) is 28.6 Å². The van der Waals surface area contributed by atoms with E-state index in [0.29, 0.717) is 0 Å². The van der Waals surface area contributed by atoms with Gasteiger partial charge in [0.15, 0.2) is 0 Å². The van der Waals surface area contributed by atoms with Crippen LogP contribution < -0.4 is 0 Å². The van der Waals surface area contributed by atoms with Crippen molar-refractivity contribution in [2.45, 2.75) is 11.3 Å². The first-order chi connectivity index (χ1) is 5.90. The Hall–Kier alpha value is -0.670. The molecule has 0 saturated carbocycles. The molecule has 1 aromatic carbocycles. The fraction of sp³-hybridized carbons (Fsp3) is 0.111. The van der Waals surface area contributed by atoms with Gasteiger partial charge in [0.05, 0.1) is 5.71 Å². The Balaban J connectivity index is 2.36. The zero-order chi connectivity index (χ0) is 8.39. The number of rotatable bonds is 1. The Labute approximate surface area is 81.0 Å². The van der Waals surface area contributed by atoms with Gasteiger partial charge in [-0.15, -0.1) is 0 Å². The van der Waals surface area contributed by atoms with Gasteiger partial charge in [-0.1, -0.05) is 30.4 Å². The molecule has 0 aliphatic carbocycles. The largest absolute Gasteiger partial charge is 0.215 e. The predicted molar refractivity (Wildman–Crippen MR) is 57.1 cm³/mol. The van der Waals surface area contributed by atoms with E-state index >= 15 is 0 Å². The Morgan fingerprint density at radius 3 is 3.08 bits per heavy atom. The summed E-state index contributed by atoms with van der Waals surface area (Å²) >= 11 is 6.34. The molecule has 0 atom stereocenters. The average Bonchev–Trinajstić information content (AvgIpc) is 2.17. The first-order valence-electron chi connectivity index (χ1n) is 3.67. The highest BCUT2D eigenvalue weighted by Gasteiger charge is 2.09. The summed E-state index contributed by atoms with van der Waals surface area (Å²) in [5, 5.41) is 1.66. The maximum absolute atomic E-state index is 4.83. The van der Waals surface area contributed by atoms with E-state index in [1.165, 1.54) is 22.4 Å². The molecule has 0 amide bonds. The molecule has 1 aliphatic rings. The number of benzene rings is 1. The molecule has 60 valence electrons. The second-order valence-corrected chi connectivity index (χ2v) is 3.62. The zero-order valence-electron chi connectivity index (χ0n) is 6.36. The van der Waals surface area contributed by atoms with Crippen LogP contribution in [0, 0.1) is 0 Å². The summed E-state index contributed by atoms with van der Waals surface area (Å²) in [6.07, 6.45) is 0.882. The van der Waals surface area contributed by atoms with Gasteiger partial charge in [0.25, 0.3) is 0 Å². The first-order valence-corrected chi connectivity index (χ1v) is 4.91. The molecule has 1 aromatic rings. The molecule has 0 spiro atoms. The molecule has 12 heavy (non-hydrogen) atoms. The van der Waals surface area contributed by atoms with Gasteiger partial charge in [0.1, 0.15) is 0 Å². The molecule has 3 heteroatoms. The molecule has 1 nitrogen and oxygen atoms in total. The molecular formula is C9H7NS2. The molecule has 1 aliphatic heterocycles. The van der Waals surface area contributed by atoms with Crippen LogP contribution in [-0.4, -0.2) is 11.1 Å². The normalized spacial score (nSPS) is 14.8. The Morgan fingerprint density at radius 2 is 2.25 bits per heavy atom. The summed E-state index contributed by atoms with van der Waals surface area (Å²) in [4.78, 5) is 1.25. The van der Waals surface area contributed by atoms with E-state index in [2.05, 4.69) is 16.5 Å². The van der Waals surface area contributed by atoms with Crippen molar-refractivity contribution in [3.05, 3.63) is 29.8 Å². The Kier molecular flexibility index (Phi) is 2.23. The van der Waals surface area contributed by atoms with Crippen molar-refractivity contribution in [2.75, 3.05) is 0 Å². The lowest BCUT2D eigenvalue weighted by molar-refractivity contribution is 1.21. The van der Waals surface area contributed by atoms with E-state index in [9.17, 15) is 0 Å². The highest BCUT2D eigenvalue weighted by atomic mass is 32.2. The third kappa shape index (κ3) is 1.42. The van der Waals surface area contributed by atoms with Gasteiger partial charge < -0.3 is 0 Å². The van der Waals surface area contributed by atoms with E-state index in [1.807, 2.05) is 12.1 Å². The smallest absolute Gasteiger partial charge is 0.0642 e. The third-order valence-corrected chi connectivity index (χ3v) is 2.93. The summed E-state index contributed by atoms with van der Waals surface area (Å²) in [6, 6.07) is 8.29. The summed E-state index contributed by atoms with van der Waals surface area (Å²) in [6.45, 7) is 0. The minimum absolute atomic E-state index is 0.882. The maximum atomic E-state index is 4.83. The highest BCUT2D eigenvalue weighted by Crippen LogP contribution is 2.28. The number of fused-ring (bicyclic) bond motifs is 1. The summed E-state index contributed by atoms with van der Waals surface area (Å²) in [5.74, 6) is 0. The van der Waals surface area contributed by atoms with Crippen LogP contribution in [-0.2, 0) is 6.42 Å². The zero-order valence-corrected chi connectivity index (χ0v) is 7.99. The fourth-order valence-electron chi connectivity index (χ4n) is 1.14. The Bertz CT molecular complexity index is 344. The SMILES string of the molecule is S=CC1=NSc2ccccc2C1. The van der Waals surface area contributed by atoms with Gasteiger partial charge in [-0.3, -0.25) is 0 Å². The Morgan fingerprint density at radius 1 is 1.42 bits per heavy atom. The monoisotopic (exact) mass is 193 g/mol. The van der Waals surface area contributed by atoms with Gasteiger partial charge >= 0.3 is 0 Å². The third-order valence-electron chi connectivity index (χ3n) is 1.74. The minimum atomic E-state index is 0.882. The second-order valence-electron chi connectivity index (χ2n) is 2.58. The number of hydrogen-bond acceptors (Lipinski definition) is 3. The van der Waals surface area contributed by atoms with Crippen molar-refractivity contribution >= 4 is 35.2 Å². The van der Waals surface area contributed by atoms with E-state index in [-0.39, 0.29) is 0 Å². The van der Waals surface area contributed by atoms with E-state index in [4.69, 9.17) is 12.2 Å². The molecule has 0 bridgehead atoms. The topological polar surface area (TPSA) is 12.4 Å². The molecule has 0 aromatic heterocycles. The van der Waals surface area contributed by atoms with Crippen molar-refractivity contribution in [1.29, 1.82) is 0 Å². The van der Waals surface area contributed by atoms with E-state index < -0.39 is 0 Å². The number of hydrogen-bond donors (Lipinski definition) is 0. The van der Waals surface area contributed by atoms with Crippen molar-refractivity contribution < 1.29 is 0 Å². The van der Waals surface area contributed by atoms with Crippen molar-refractivity contribution in [2.24, 2.45) is 4.40 Å². The van der Waals surface area contributed by atoms with Crippen molar-refractivity contribution in [3.63, 3.8) is 0 Å². The second kappa shape index (κ2) is 3.37. The molecule has 0 unspecified atom stereocenters. The minimum Gasteiger partial charge on any atom is -0.215 e. The van der Waals surface area contributed by atoms with Crippen LogP contribution in [0.5, 0.6) is 0 Å². The molecule has 0 fully saturated rings. The predicted octanol–water partition coefficient (Wildman–Crippen LogP) is 2.69. The molecule has 1 heterocycles. The van der Waals surface area contributed by atoms with Crippen LogP contribution >= 0.6 is 24.2 Å². The van der Waals surface area contributed by atoms with Crippen molar-refractivity contribution in [3.8, 4) is 0 Å². The molecule has 0 N–H and O–H groups in total. The van der Waals surface area contributed by atoms with Crippen LogP contribution in [0.1, 0.15) is 5.56 Å². The van der Waals surface area contributed by atoms with Gasteiger partial charge in [0.2, 0.25) is 0 Å². The lowest BCUT2D eigenvalue weighted by Crippen LogP contribution is -2.06. The molecule has 2 rings (SSSR count).